The minimum absolute atomic E-state index is 0.0455. The van der Waals surface area contributed by atoms with E-state index in [2.05, 4.69) is 27.4 Å². The van der Waals surface area contributed by atoms with Crippen LogP contribution in [0.25, 0.3) is 0 Å². The van der Waals surface area contributed by atoms with Crippen LogP contribution in [0, 0.1) is 34.5 Å². The zero-order valence-corrected chi connectivity index (χ0v) is 17.4. The largest absolute Gasteiger partial charge is 0.462 e. The van der Waals surface area contributed by atoms with Crippen molar-refractivity contribution in [2.75, 3.05) is 6.54 Å². The lowest BCUT2D eigenvalue weighted by Crippen LogP contribution is -2.53. The number of allylic oxidation sites excluding steroid dienone is 1. The third-order valence-electron chi connectivity index (χ3n) is 8.61. The second-order valence-corrected chi connectivity index (χ2v) is 10.0. The fourth-order valence-corrected chi connectivity index (χ4v) is 6.82. The van der Waals surface area contributed by atoms with Gasteiger partial charge < -0.3 is 10.5 Å². The number of ether oxygens (including phenoxy) is 1. The first kappa shape index (κ1) is 19.9. The monoisotopic (exact) mass is 361 g/mol. The molecule has 26 heavy (non-hydrogen) atoms. The summed E-state index contributed by atoms with van der Waals surface area (Å²) in [5.41, 5.74) is 7.76. The van der Waals surface area contributed by atoms with Gasteiger partial charge in [-0.2, -0.15) is 0 Å². The Labute approximate surface area is 160 Å². The van der Waals surface area contributed by atoms with Crippen molar-refractivity contribution in [3.63, 3.8) is 0 Å². The van der Waals surface area contributed by atoms with Crippen molar-refractivity contribution in [3.8, 4) is 0 Å². The molecule has 0 bridgehead atoms. The Balaban J connectivity index is 1.93. The van der Waals surface area contributed by atoms with E-state index in [-0.39, 0.29) is 22.9 Å². The van der Waals surface area contributed by atoms with E-state index >= 15 is 0 Å². The van der Waals surface area contributed by atoms with E-state index in [1.165, 1.54) is 31.3 Å². The van der Waals surface area contributed by atoms with Crippen LogP contribution < -0.4 is 5.73 Å². The molecular formula is C23H39NO2. The van der Waals surface area contributed by atoms with E-state index in [4.69, 9.17) is 10.5 Å². The van der Waals surface area contributed by atoms with E-state index in [9.17, 15) is 4.79 Å². The van der Waals surface area contributed by atoms with Crippen LogP contribution in [0.2, 0.25) is 0 Å². The summed E-state index contributed by atoms with van der Waals surface area (Å²) in [6, 6.07) is 0. The van der Waals surface area contributed by atoms with Gasteiger partial charge in [-0.3, -0.25) is 4.79 Å². The lowest BCUT2D eigenvalue weighted by Gasteiger charge is -2.56. The summed E-state index contributed by atoms with van der Waals surface area (Å²) in [6.45, 7) is 13.9. The first-order chi connectivity index (χ1) is 12.2. The van der Waals surface area contributed by atoms with E-state index in [0.29, 0.717) is 17.8 Å². The summed E-state index contributed by atoms with van der Waals surface area (Å²) in [5, 5.41) is 0. The number of nitrogens with two attached hydrogens (primary N) is 1. The third-order valence-corrected chi connectivity index (χ3v) is 8.61. The van der Waals surface area contributed by atoms with E-state index in [0.717, 1.165) is 38.1 Å². The number of hydrogen-bond acceptors (Lipinski definition) is 3. The second-order valence-electron chi connectivity index (χ2n) is 10.0. The van der Waals surface area contributed by atoms with Gasteiger partial charge in [0, 0.05) is 18.8 Å². The number of carbonyl (C=O) groups excluding carboxylic acids is 1. The van der Waals surface area contributed by atoms with Gasteiger partial charge in [0.15, 0.2) is 0 Å². The van der Waals surface area contributed by atoms with Crippen molar-refractivity contribution in [2.45, 2.75) is 85.2 Å². The predicted molar refractivity (Wildman–Crippen MR) is 107 cm³/mol. The lowest BCUT2D eigenvalue weighted by atomic mass is 9.51. The highest BCUT2D eigenvalue weighted by atomic mass is 16.5. The number of esters is 1. The molecule has 0 aromatic heterocycles. The molecule has 148 valence electrons. The van der Waals surface area contributed by atoms with Gasteiger partial charge in [-0.05, 0) is 74.2 Å². The molecule has 7 atom stereocenters. The van der Waals surface area contributed by atoms with Crippen LogP contribution in [0.5, 0.6) is 0 Å². The van der Waals surface area contributed by atoms with Crippen molar-refractivity contribution in [1.29, 1.82) is 0 Å². The van der Waals surface area contributed by atoms with E-state index in [1.807, 2.05) is 0 Å². The van der Waals surface area contributed by atoms with Crippen LogP contribution in [-0.4, -0.2) is 18.6 Å². The molecule has 3 saturated carbocycles. The Morgan fingerprint density at radius 3 is 2.62 bits per heavy atom. The van der Waals surface area contributed by atoms with Crippen molar-refractivity contribution in [2.24, 2.45) is 40.2 Å². The van der Waals surface area contributed by atoms with Gasteiger partial charge in [0.2, 0.25) is 0 Å². The van der Waals surface area contributed by atoms with Crippen molar-refractivity contribution in [3.05, 3.63) is 12.2 Å². The number of rotatable bonds is 4. The summed E-state index contributed by atoms with van der Waals surface area (Å²) in [4.78, 5) is 12.0. The van der Waals surface area contributed by atoms with Crippen LogP contribution in [-0.2, 0) is 9.53 Å². The zero-order valence-electron chi connectivity index (χ0n) is 17.4. The average molecular weight is 362 g/mol. The lowest BCUT2D eigenvalue weighted by molar-refractivity contribution is -0.172. The maximum Gasteiger partial charge on any atom is 0.302 e. The van der Waals surface area contributed by atoms with Gasteiger partial charge in [-0.1, -0.05) is 39.3 Å². The molecular weight excluding hydrogens is 322 g/mol. The standard InChI is InChI=1S/C23H39NO2/c1-15-8-11-23(5,18(14-15)10-13-24)20-9-12-22(4)16(2)6-7-19(22)21(20)26-17(3)25/h15,18-21H,2,6-14,24H2,1,3-5H3/t15-,18-,19?,20?,21-,22+,23-/m0/s1. The topological polar surface area (TPSA) is 52.3 Å². The number of carbonyl (C=O) groups is 1. The maximum absolute atomic E-state index is 12.0. The Kier molecular flexibility index (Phi) is 5.59. The molecule has 3 aliphatic rings. The molecule has 3 nitrogen and oxygen atoms in total. The number of fused-ring (bicyclic) bond motifs is 1. The summed E-state index contributed by atoms with van der Waals surface area (Å²) < 4.78 is 6.09. The van der Waals surface area contributed by atoms with Gasteiger partial charge in [0.05, 0.1) is 0 Å². The molecule has 0 spiro atoms. The molecule has 0 aromatic carbocycles. The molecule has 3 heteroatoms. The molecule has 0 heterocycles. The van der Waals surface area contributed by atoms with Gasteiger partial charge in [-0.25, -0.2) is 0 Å². The van der Waals surface area contributed by atoms with Crippen LogP contribution in [0.1, 0.15) is 79.1 Å². The van der Waals surface area contributed by atoms with Crippen LogP contribution >= 0.6 is 0 Å². The molecule has 0 saturated heterocycles. The van der Waals surface area contributed by atoms with E-state index < -0.39 is 0 Å². The molecule has 0 aliphatic heterocycles. The van der Waals surface area contributed by atoms with Crippen LogP contribution in [0.15, 0.2) is 12.2 Å². The highest BCUT2D eigenvalue weighted by molar-refractivity contribution is 5.66. The molecule has 3 fully saturated rings. The molecule has 2 unspecified atom stereocenters. The Morgan fingerprint density at radius 2 is 1.96 bits per heavy atom. The Bertz CT molecular complexity index is 558. The number of hydrogen-bond donors (Lipinski definition) is 1. The first-order valence-electron chi connectivity index (χ1n) is 10.8. The molecule has 0 aromatic rings. The van der Waals surface area contributed by atoms with Gasteiger partial charge in [0.1, 0.15) is 6.10 Å². The SMILES string of the molecule is C=C1CCC2[C@H](OC(C)=O)C([C@@]3(C)CC[C@H](C)C[C@@H]3CCN)CC[C@]12C. The van der Waals surface area contributed by atoms with Crippen molar-refractivity contribution < 1.29 is 9.53 Å². The minimum Gasteiger partial charge on any atom is -0.462 e. The summed E-state index contributed by atoms with van der Waals surface area (Å²) in [6.07, 6.45) is 9.49. The fourth-order valence-electron chi connectivity index (χ4n) is 6.82. The Morgan fingerprint density at radius 1 is 1.23 bits per heavy atom. The quantitative estimate of drug-likeness (QED) is 0.560. The highest BCUT2D eigenvalue weighted by Crippen LogP contribution is 2.62. The smallest absolute Gasteiger partial charge is 0.302 e. The van der Waals surface area contributed by atoms with E-state index in [1.54, 1.807) is 6.92 Å². The van der Waals surface area contributed by atoms with Crippen molar-refractivity contribution in [1.82, 2.24) is 0 Å². The molecule has 2 N–H and O–H groups in total. The van der Waals surface area contributed by atoms with Crippen molar-refractivity contribution >= 4 is 5.97 Å². The fraction of sp³-hybridized carbons (Fsp3) is 0.870. The maximum atomic E-state index is 12.0. The minimum atomic E-state index is -0.120. The molecule has 0 amide bonds. The third kappa shape index (κ3) is 3.25. The molecule has 3 aliphatic carbocycles. The summed E-state index contributed by atoms with van der Waals surface area (Å²) in [7, 11) is 0. The van der Waals surface area contributed by atoms with Crippen LogP contribution in [0.4, 0.5) is 0 Å². The Hall–Kier alpha value is -0.830. The highest BCUT2D eigenvalue weighted by Gasteiger charge is 2.57. The van der Waals surface area contributed by atoms with Gasteiger partial charge in [0.25, 0.3) is 0 Å². The van der Waals surface area contributed by atoms with Gasteiger partial charge >= 0.3 is 5.97 Å². The normalized spacial score (nSPS) is 46.0. The second kappa shape index (κ2) is 7.30. The van der Waals surface area contributed by atoms with Gasteiger partial charge in [-0.15, -0.1) is 0 Å². The summed E-state index contributed by atoms with van der Waals surface area (Å²) in [5.74, 6) is 2.21. The zero-order chi connectivity index (χ0) is 19.1. The molecule has 0 radical (unpaired) electrons. The average Bonchev–Trinajstić information content (AvgIpc) is 2.87. The first-order valence-corrected chi connectivity index (χ1v) is 10.8. The summed E-state index contributed by atoms with van der Waals surface area (Å²) >= 11 is 0. The van der Waals surface area contributed by atoms with Crippen LogP contribution in [0.3, 0.4) is 0 Å². The predicted octanol–water partition coefficient (Wildman–Crippen LogP) is 5.09. The molecule has 3 rings (SSSR count).